The zero-order chi connectivity index (χ0) is 15.9. The summed E-state index contributed by atoms with van der Waals surface area (Å²) in [5.41, 5.74) is -0.313. The summed E-state index contributed by atoms with van der Waals surface area (Å²) < 4.78 is 44.1. The Hall–Kier alpha value is -1.76. The molecule has 0 saturated carbocycles. The number of halogens is 3. The van der Waals surface area contributed by atoms with Crippen LogP contribution in [0.4, 0.5) is 13.2 Å². The van der Waals surface area contributed by atoms with E-state index in [9.17, 15) is 18.0 Å². The largest absolute Gasteiger partial charge is 0.492 e. The molecule has 118 valence electrons. The van der Waals surface area contributed by atoms with Crippen LogP contribution in [0.15, 0.2) is 18.2 Å². The molecule has 7 heteroatoms. The van der Waals surface area contributed by atoms with Crippen molar-refractivity contribution in [2.45, 2.75) is 26.1 Å². The van der Waals surface area contributed by atoms with E-state index in [-0.39, 0.29) is 24.7 Å². The van der Waals surface area contributed by atoms with Gasteiger partial charge in [-0.25, -0.2) is 0 Å². The molecule has 0 heterocycles. The molecule has 0 fully saturated rings. The van der Waals surface area contributed by atoms with Gasteiger partial charge >= 0.3 is 6.18 Å². The van der Waals surface area contributed by atoms with Crippen molar-refractivity contribution in [1.82, 2.24) is 10.6 Å². The standard InChI is InChI=1S/C14H19F3N2O2/c1-3-19-13(20)6-7-21-12-5-4-10(9-18-2)8-11(12)14(15,16)17/h4-5,8,18H,3,6-7,9H2,1-2H3,(H,19,20). The zero-order valence-corrected chi connectivity index (χ0v) is 12.0. The van der Waals surface area contributed by atoms with Crippen LogP contribution < -0.4 is 15.4 Å². The minimum atomic E-state index is -4.50. The van der Waals surface area contributed by atoms with Gasteiger partial charge in [0.05, 0.1) is 18.6 Å². The van der Waals surface area contributed by atoms with E-state index in [0.717, 1.165) is 6.07 Å². The molecule has 0 unspecified atom stereocenters. The lowest BCUT2D eigenvalue weighted by Crippen LogP contribution is -2.24. The van der Waals surface area contributed by atoms with E-state index in [0.29, 0.717) is 18.7 Å². The zero-order valence-electron chi connectivity index (χ0n) is 12.0. The summed E-state index contributed by atoms with van der Waals surface area (Å²) in [6.45, 7) is 2.48. The van der Waals surface area contributed by atoms with Crippen LogP contribution in [0.2, 0.25) is 0 Å². The second-order valence-corrected chi connectivity index (χ2v) is 4.41. The Balaban J connectivity index is 2.79. The molecule has 0 aromatic heterocycles. The van der Waals surface area contributed by atoms with Crippen LogP contribution in [0.25, 0.3) is 0 Å². The molecule has 1 amide bonds. The number of hydrogen-bond acceptors (Lipinski definition) is 3. The predicted octanol–water partition coefficient (Wildman–Crippen LogP) is 2.33. The second-order valence-electron chi connectivity index (χ2n) is 4.41. The highest BCUT2D eigenvalue weighted by atomic mass is 19.4. The lowest BCUT2D eigenvalue weighted by molar-refractivity contribution is -0.139. The van der Waals surface area contributed by atoms with Crippen LogP contribution in [0, 0.1) is 0 Å². The Kier molecular flexibility index (Phi) is 6.48. The summed E-state index contributed by atoms with van der Waals surface area (Å²) in [7, 11) is 1.66. The van der Waals surface area contributed by atoms with Gasteiger partial charge in [0.2, 0.25) is 5.91 Å². The average Bonchev–Trinajstić information content (AvgIpc) is 2.39. The lowest BCUT2D eigenvalue weighted by Gasteiger charge is -2.15. The molecule has 0 aliphatic carbocycles. The second kappa shape index (κ2) is 7.87. The number of hydrogen-bond donors (Lipinski definition) is 2. The fourth-order valence-electron chi connectivity index (χ4n) is 1.78. The summed E-state index contributed by atoms with van der Waals surface area (Å²) in [5.74, 6) is -0.510. The Labute approximate surface area is 121 Å². The minimum Gasteiger partial charge on any atom is -0.492 e. The van der Waals surface area contributed by atoms with Crippen molar-refractivity contribution in [1.29, 1.82) is 0 Å². The summed E-state index contributed by atoms with van der Waals surface area (Å²) >= 11 is 0. The van der Waals surface area contributed by atoms with Crippen molar-refractivity contribution < 1.29 is 22.7 Å². The van der Waals surface area contributed by atoms with Gasteiger partial charge in [-0.05, 0) is 31.7 Å². The highest BCUT2D eigenvalue weighted by Crippen LogP contribution is 2.36. The number of amides is 1. The van der Waals surface area contributed by atoms with Crippen molar-refractivity contribution in [3.63, 3.8) is 0 Å². The van der Waals surface area contributed by atoms with E-state index in [2.05, 4.69) is 10.6 Å². The molecule has 0 atom stereocenters. The number of carbonyl (C=O) groups is 1. The highest BCUT2D eigenvalue weighted by molar-refractivity contribution is 5.75. The van der Waals surface area contributed by atoms with Crippen LogP contribution in [0.1, 0.15) is 24.5 Å². The Morgan fingerprint density at radius 3 is 2.62 bits per heavy atom. The van der Waals surface area contributed by atoms with Crippen molar-refractivity contribution in [3.8, 4) is 5.75 Å². The van der Waals surface area contributed by atoms with Gasteiger partial charge in [-0.1, -0.05) is 6.07 Å². The molecule has 0 bridgehead atoms. The Morgan fingerprint density at radius 1 is 1.33 bits per heavy atom. The Morgan fingerprint density at radius 2 is 2.05 bits per heavy atom. The third kappa shape index (κ3) is 5.63. The summed E-state index contributed by atoms with van der Waals surface area (Å²) in [6.07, 6.45) is -4.48. The maximum atomic E-state index is 13.0. The molecule has 1 aromatic rings. The number of nitrogens with one attached hydrogen (secondary N) is 2. The molecule has 4 nitrogen and oxygen atoms in total. The van der Waals surface area contributed by atoms with Gasteiger partial charge in [0.15, 0.2) is 0 Å². The first-order chi connectivity index (χ1) is 9.88. The van der Waals surface area contributed by atoms with Crippen LogP contribution in [-0.2, 0) is 17.5 Å². The summed E-state index contributed by atoms with van der Waals surface area (Å²) in [4.78, 5) is 11.2. The normalized spacial score (nSPS) is 11.3. The molecule has 0 aliphatic rings. The predicted molar refractivity (Wildman–Crippen MR) is 73.0 cm³/mol. The van der Waals surface area contributed by atoms with Crippen molar-refractivity contribution in [2.24, 2.45) is 0 Å². The quantitative estimate of drug-likeness (QED) is 0.813. The van der Waals surface area contributed by atoms with Crippen molar-refractivity contribution in [2.75, 3.05) is 20.2 Å². The van der Waals surface area contributed by atoms with E-state index in [4.69, 9.17) is 4.74 Å². The van der Waals surface area contributed by atoms with Gasteiger partial charge in [0.25, 0.3) is 0 Å². The Bertz CT molecular complexity index is 476. The molecule has 0 saturated heterocycles. The van der Waals surface area contributed by atoms with Crippen LogP contribution in [-0.4, -0.2) is 26.1 Å². The molecule has 0 radical (unpaired) electrons. The van der Waals surface area contributed by atoms with Crippen LogP contribution >= 0.6 is 0 Å². The van der Waals surface area contributed by atoms with Gasteiger partial charge in [0.1, 0.15) is 5.75 Å². The first-order valence-corrected chi connectivity index (χ1v) is 6.62. The fourth-order valence-corrected chi connectivity index (χ4v) is 1.78. The third-order valence-electron chi connectivity index (χ3n) is 2.69. The monoisotopic (exact) mass is 304 g/mol. The lowest BCUT2D eigenvalue weighted by atomic mass is 10.1. The average molecular weight is 304 g/mol. The van der Waals surface area contributed by atoms with Gasteiger partial charge in [-0.3, -0.25) is 4.79 Å². The molecule has 21 heavy (non-hydrogen) atoms. The van der Waals surface area contributed by atoms with Crippen LogP contribution in [0.3, 0.4) is 0 Å². The maximum Gasteiger partial charge on any atom is 0.419 e. The van der Waals surface area contributed by atoms with Crippen molar-refractivity contribution in [3.05, 3.63) is 29.3 Å². The van der Waals surface area contributed by atoms with Gasteiger partial charge in [-0.2, -0.15) is 13.2 Å². The number of rotatable bonds is 7. The van der Waals surface area contributed by atoms with E-state index in [1.165, 1.54) is 6.07 Å². The molecule has 0 aliphatic heterocycles. The molecule has 0 spiro atoms. The molecule has 1 rings (SSSR count). The van der Waals surface area contributed by atoms with E-state index in [1.807, 2.05) is 0 Å². The van der Waals surface area contributed by atoms with Crippen molar-refractivity contribution >= 4 is 5.91 Å². The van der Waals surface area contributed by atoms with Gasteiger partial charge in [-0.15, -0.1) is 0 Å². The van der Waals surface area contributed by atoms with Gasteiger partial charge < -0.3 is 15.4 Å². The first-order valence-electron chi connectivity index (χ1n) is 6.62. The molecular weight excluding hydrogens is 285 g/mol. The minimum absolute atomic E-state index is 0.0173. The SMILES string of the molecule is CCNC(=O)CCOc1ccc(CNC)cc1C(F)(F)F. The third-order valence-corrected chi connectivity index (χ3v) is 2.69. The maximum absolute atomic E-state index is 13.0. The molecule has 1 aromatic carbocycles. The summed E-state index contributed by atoms with van der Waals surface area (Å²) in [5, 5.41) is 5.35. The van der Waals surface area contributed by atoms with Gasteiger partial charge in [0, 0.05) is 13.1 Å². The van der Waals surface area contributed by atoms with Crippen LogP contribution in [0.5, 0.6) is 5.75 Å². The molecule has 2 N–H and O–H groups in total. The number of alkyl halides is 3. The number of benzene rings is 1. The summed E-state index contributed by atoms with van der Waals surface area (Å²) in [6, 6.07) is 3.90. The fraction of sp³-hybridized carbons (Fsp3) is 0.500. The number of ether oxygens (including phenoxy) is 1. The molecular formula is C14H19F3N2O2. The topological polar surface area (TPSA) is 50.4 Å². The van der Waals surface area contributed by atoms with E-state index >= 15 is 0 Å². The van der Waals surface area contributed by atoms with E-state index < -0.39 is 11.7 Å². The highest BCUT2D eigenvalue weighted by Gasteiger charge is 2.34. The first kappa shape index (κ1) is 17.3. The van der Waals surface area contributed by atoms with E-state index in [1.54, 1.807) is 20.0 Å². The number of carbonyl (C=O) groups excluding carboxylic acids is 1. The smallest absolute Gasteiger partial charge is 0.419 e.